The number of aromatic nitrogens is 1. The van der Waals surface area contributed by atoms with E-state index < -0.39 is 6.03 Å². The molecule has 3 amide bonds. The molecular formula is C11H15N3O2S. The highest BCUT2D eigenvalue weighted by molar-refractivity contribution is 8.00. The van der Waals surface area contributed by atoms with Crippen molar-refractivity contribution in [1.29, 1.82) is 0 Å². The molecule has 1 aromatic heterocycles. The van der Waals surface area contributed by atoms with Crippen LogP contribution in [0.5, 0.6) is 0 Å². The SMILES string of the molecule is CCNC(=O)NC(=O)[C@H](C)Sc1ccccn1. The smallest absolute Gasteiger partial charge is 0.321 e. The van der Waals surface area contributed by atoms with Gasteiger partial charge in [-0.2, -0.15) is 0 Å². The third-order valence-electron chi connectivity index (χ3n) is 1.88. The van der Waals surface area contributed by atoms with Gasteiger partial charge in [0.15, 0.2) is 0 Å². The average molecular weight is 253 g/mol. The highest BCUT2D eigenvalue weighted by Gasteiger charge is 2.16. The molecular weight excluding hydrogens is 238 g/mol. The van der Waals surface area contributed by atoms with Gasteiger partial charge in [-0.1, -0.05) is 17.8 Å². The Kier molecular flexibility index (Phi) is 5.48. The first-order chi connectivity index (χ1) is 8.13. The Morgan fingerprint density at radius 1 is 1.47 bits per heavy atom. The lowest BCUT2D eigenvalue weighted by Crippen LogP contribution is -2.42. The van der Waals surface area contributed by atoms with Crippen molar-refractivity contribution in [3.63, 3.8) is 0 Å². The zero-order valence-electron chi connectivity index (χ0n) is 9.77. The first-order valence-corrected chi connectivity index (χ1v) is 6.17. The second kappa shape index (κ2) is 6.90. The quantitative estimate of drug-likeness (QED) is 0.796. The zero-order valence-corrected chi connectivity index (χ0v) is 10.6. The lowest BCUT2D eigenvalue weighted by Gasteiger charge is -2.10. The Labute approximate surface area is 104 Å². The first kappa shape index (κ1) is 13.5. The summed E-state index contributed by atoms with van der Waals surface area (Å²) in [5, 5.41) is 5.15. The molecule has 0 bridgehead atoms. The fraction of sp³-hybridized carbons (Fsp3) is 0.364. The molecule has 1 heterocycles. The van der Waals surface area contributed by atoms with Crippen molar-refractivity contribution in [3.8, 4) is 0 Å². The number of hydrogen-bond donors (Lipinski definition) is 2. The summed E-state index contributed by atoms with van der Waals surface area (Å²) in [6.07, 6.45) is 1.66. The summed E-state index contributed by atoms with van der Waals surface area (Å²) < 4.78 is 0. The average Bonchev–Trinajstić information content (AvgIpc) is 2.30. The molecule has 0 aromatic carbocycles. The van der Waals surface area contributed by atoms with E-state index in [1.807, 2.05) is 18.2 Å². The van der Waals surface area contributed by atoms with Crippen molar-refractivity contribution in [2.45, 2.75) is 24.1 Å². The number of carbonyl (C=O) groups excluding carboxylic acids is 2. The molecule has 0 radical (unpaired) electrons. The summed E-state index contributed by atoms with van der Waals surface area (Å²) >= 11 is 1.31. The lowest BCUT2D eigenvalue weighted by atomic mass is 10.4. The van der Waals surface area contributed by atoms with Crippen LogP contribution in [0.1, 0.15) is 13.8 Å². The van der Waals surface area contributed by atoms with E-state index in [9.17, 15) is 9.59 Å². The monoisotopic (exact) mass is 253 g/mol. The van der Waals surface area contributed by atoms with Gasteiger partial charge in [-0.15, -0.1) is 0 Å². The predicted octanol–water partition coefficient (Wildman–Crippen LogP) is 1.41. The van der Waals surface area contributed by atoms with Crippen molar-refractivity contribution in [2.24, 2.45) is 0 Å². The van der Waals surface area contributed by atoms with Gasteiger partial charge in [0.25, 0.3) is 0 Å². The summed E-state index contributed by atoms with van der Waals surface area (Å²) in [6.45, 7) is 4.00. The summed E-state index contributed by atoms with van der Waals surface area (Å²) in [5.74, 6) is -0.327. The molecule has 1 aromatic rings. The van der Waals surface area contributed by atoms with E-state index in [1.54, 1.807) is 20.0 Å². The Balaban J connectivity index is 2.45. The Morgan fingerprint density at radius 3 is 2.82 bits per heavy atom. The highest BCUT2D eigenvalue weighted by atomic mass is 32.2. The van der Waals surface area contributed by atoms with Crippen molar-refractivity contribution < 1.29 is 9.59 Å². The summed E-state index contributed by atoms with van der Waals surface area (Å²) in [5.41, 5.74) is 0. The minimum absolute atomic E-state index is 0.327. The number of thioether (sulfide) groups is 1. The standard InChI is InChI=1S/C11H15N3O2S/c1-3-12-11(16)14-10(15)8(2)17-9-6-4-5-7-13-9/h4-8H,3H2,1-2H3,(H2,12,14,15,16)/t8-/m0/s1. The third kappa shape index (κ3) is 4.86. The maximum atomic E-state index is 11.6. The van der Waals surface area contributed by atoms with Crippen molar-refractivity contribution in [1.82, 2.24) is 15.6 Å². The maximum Gasteiger partial charge on any atom is 0.321 e. The Morgan fingerprint density at radius 2 is 2.24 bits per heavy atom. The fourth-order valence-corrected chi connectivity index (χ4v) is 1.88. The van der Waals surface area contributed by atoms with E-state index >= 15 is 0 Å². The number of urea groups is 1. The molecule has 92 valence electrons. The number of carbonyl (C=O) groups is 2. The normalized spacial score (nSPS) is 11.6. The number of pyridine rings is 1. The first-order valence-electron chi connectivity index (χ1n) is 5.30. The minimum atomic E-state index is -0.467. The Hall–Kier alpha value is -1.56. The van der Waals surface area contributed by atoms with Gasteiger partial charge in [-0.05, 0) is 26.0 Å². The van der Waals surface area contributed by atoms with Crippen LogP contribution in [-0.4, -0.2) is 28.7 Å². The van der Waals surface area contributed by atoms with Gasteiger partial charge in [0.05, 0.1) is 10.3 Å². The van der Waals surface area contributed by atoms with E-state index in [0.29, 0.717) is 6.54 Å². The molecule has 0 saturated carbocycles. The van der Waals surface area contributed by atoms with Crippen LogP contribution in [0.2, 0.25) is 0 Å². The van der Waals surface area contributed by atoms with Gasteiger partial charge in [0.1, 0.15) is 0 Å². The second-order valence-electron chi connectivity index (χ2n) is 3.28. The van der Waals surface area contributed by atoms with Gasteiger partial charge >= 0.3 is 6.03 Å². The molecule has 0 saturated heterocycles. The molecule has 0 aliphatic heterocycles. The number of rotatable bonds is 4. The van der Waals surface area contributed by atoms with Crippen LogP contribution >= 0.6 is 11.8 Å². The molecule has 0 aliphatic carbocycles. The van der Waals surface area contributed by atoms with E-state index in [-0.39, 0.29) is 11.2 Å². The summed E-state index contributed by atoms with van der Waals surface area (Å²) in [4.78, 5) is 26.9. The number of nitrogens with zero attached hydrogens (tertiary/aromatic N) is 1. The number of nitrogens with one attached hydrogen (secondary N) is 2. The van der Waals surface area contributed by atoms with Gasteiger partial charge in [-0.25, -0.2) is 9.78 Å². The third-order valence-corrected chi connectivity index (χ3v) is 2.93. The van der Waals surface area contributed by atoms with E-state index in [4.69, 9.17) is 0 Å². The predicted molar refractivity (Wildman–Crippen MR) is 66.8 cm³/mol. The minimum Gasteiger partial charge on any atom is -0.338 e. The van der Waals surface area contributed by atoms with Crippen LogP contribution in [-0.2, 0) is 4.79 Å². The van der Waals surface area contributed by atoms with Gasteiger partial charge in [0, 0.05) is 12.7 Å². The molecule has 1 atom stereocenters. The van der Waals surface area contributed by atoms with Crippen LogP contribution in [0.4, 0.5) is 4.79 Å². The van der Waals surface area contributed by atoms with Crippen molar-refractivity contribution >= 4 is 23.7 Å². The number of amides is 3. The molecule has 2 N–H and O–H groups in total. The fourth-order valence-electron chi connectivity index (χ4n) is 1.07. The van der Waals surface area contributed by atoms with Gasteiger partial charge in [-0.3, -0.25) is 10.1 Å². The second-order valence-corrected chi connectivity index (χ2v) is 4.64. The molecule has 1 rings (SSSR count). The molecule has 5 nitrogen and oxygen atoms in total. The molecule has 0 aliphatic rings. The van der Waals surface area contributed by atoms with Crippen LogP contribution in [0.15, 0.2) is 29.4 Å². The summed E-state index contributed by atoms with van der Waals surface area (Å²) in [6, 6.07) is 5.01. The molecule has 0 unspecified atom stereocenters. The molecule has 0 spiro atoms. The largest absolute Gasteiger partial charge is 0.338 e. The molecule has 6 heteroatoms. The molecule has 0 fully saturated rings. The van der Waals surface area contributed by atoms with E-state index in [2.05, 4.69) is 15.6 Å². The van der Waals surface area contributed by atoms with Crippen LogP contribution in [0.25, 0.3) is 0 Å². The van der Waals surface area contributed by atoms with E-state index in [1.165, 1.54) is 11.8 Å². The van der Waals surface area contributed by atoms with E-state index in [0.717, 1.165) is 5.03 Å². The van der Waals surface area contributed by atoms with Crippen molar-refractivity contribution in [2.75, 3.05) is 6.54 Å². The molecule has 17 heavy (non-hydrogen) atoms. The topological polar surface area (TPSA) is 71.1 Å². The maximum absolute atomic E-state index is 11.6. The highest BCUT2D eigenvalue weighted by Crippen LogP contribution is 2.20. The van der Waals surface area contributed by atoms with Crippen LogP contribution in [0, 0.1) is 0 Å². The Bertz CT molecular complexity index is 384. The number of hydrogen-bond acceptors (Lipinski definition) is 4. The number of imide groups is 1. The van der Waals surface area contributed by atoms with Crippen LogP contribution in [0.3, 0.4) is 0 Å². The zero-order chi connectivity index (χ0) is 12.7. The van der Waals surface area contributed by atoms with Gasteiger partial charge < -0.3 is 5.32 Å². The summed E-state index contributed by atoms with van der Waals surface area (Å²) in [7, 11) is 0. The van der Waals surface area contributed by atoms with Crippen molar-refractivity contribution in [3.05, 3.63) is 24.4 Å². The van der Waals surface area contributed by atoms with Gasteiger partial charge in [0.2, 0.25) is 5.91 Å². The lowest BCUT2D eigenvalue weighted by molar-refractivity contribution is -0.119. The van der Waals surface area contributed by atoms with Crippen LogP contribution < -0.4 is 10.6 Å².